The molecule has 2 rings (SSSR count). The Bertz CT molecular complexity index is 618. The van der Waals surface area contributed by atoms with Gasteiger partial charge in [0.25, 0.3) is 0 Å². The number of fused-ring (bicyclic) bond motifs is 1. The topological polar surface area (TPSA) is 69.9 Å². The number of hydrogen-bond acceptors (Lipinski definition) is 3. The van der Waals surface area contributed by atoms with E-state index in [1.165, 1.54) is 0 Å². The Morgan fingerprint density at radius 2 is 1.79 bits per heavy atom. The van der Waals surface area contributed by atoms with Crippen LogP contribution in [0.3, 0.4) is 0 Å². The number of imidazole rings is 1. The Hall–Kier alpha value is -1.53. The van der Waals surface area contributed by atoms with Crippen LogP contribution in [0.5, 0.6) is 0 Å². The van der Waals surface area contributed by atoms with Crippen molar-refractivity contribution in [3.05, 3.63) is 30.1 Å². The van der Waals surface area contributed by atoms with Crippen molar-refractivity contribution in [3.63, 3.8) is 0 Å². The van der Waals surface area contributed by atoms with Crippen LogP contribution < -0.4 is 11.5 Å². The summed E-state index contributed by atoms with van der Waals surface area (Å²) in [7, 11) is 0. The van der Waals surface area contributed by atoms with Gasteiger partial charge < -0.3 is 16.0 Å². The fourth-order valence-electron chi connectivity index (χ4n) is 2.02. The van der Waals surface area contributed by atoms with Gasteiger partial charge >= 0.3 is 0 Å². The molecule has 1 aromatic heterocycles. The van der Waals surface area contributed by atoms with Crippen LogP contribution in [-0.4, -0.2) is 19.5 Å². The van der Waals surface area contributed by atoms with Gasteiger partial charge in [-0.05, 0) is 12.1 Å². The van der Waals surface area contributed by atoms with Gasteiger partial charge in [-0.3, -0.25) is 0 Å². The highest BCUT2D eigenvalue weighted by atomic mass is 32.1. The molecule has 0 fully saturated rings. The molecule has 1 aromatic carbocycles. The van der Waals surface area contributed by atoms with E-state index < -0.39 is 0 Å². The van der Waals surface area contributed by atoms with Gasteiger partial charge in [0.2, 0.25) is 0 Å². The average Bonchev–Trinajstić information content (AvgIpc) is 2.71. The van der Waals surface area contributed by atoms with Gasteiger partial charge in [0.05, 0.1) is 21.0 Å². The number of nitrogens with two attached hydrogens (primary N) is 2. The van der Waals surface area contributed by atoms with E-state index in [1.54, 1.807) is 0 Å². The van der Waals surface area contributed by atoms with Crippen LogP contribution in [0.25, 0.3) is 11.0 Å². The molecule has 0 aliphatic rings. The van der Waals surface area contributed by atoms with Crippen molar-refractivity contribution in [2.75, 3.05) is 0 Å². The second-order valence-electron chi connectivity index (χ2n) is 4.35. The van der Waals surface area contributed by atoms with E-state index >= 15 is 0 Å². The summed E-state index contributed by atoms with van der Waals surface area (Å²) in [4.78, 5) is 5.65. The van der Waals surface area contributed by atoms with Crippen molar-refractivity contribution in [1.82, 2.24) is 9.55 Å². The van der Waals surface area contributed by atoms with E-state index in [0.717, 1.165) is 29.8 Å². The van der Waals surface area contributed by atoms with Crippen LogP contribution in [0.2, 0.25) is 0 Å². The monoisotopic (exact) mass is 292 g/mol. The lowest BCUT2D eigenvalue weighted by Gasteiger charge is -2.08. The molecule has 0 saturated heterocycles. The summed E-state index contributed by atoms with van der Waals surface area (Å²) in [5.74, 6) is 0.977. The number of aromatic nitrogens is 2. The summed E-state index contributed by atoms with van der Waals surface area (Å²) in [6, 6.07) is 8.02. The van der Waals surface area contributed by atoms with Crippen LogP contribution >= 0.6 is 24.4 Å². The van der Waals surface area contributed by atoms with Gasteiger partial charge in [-0.2, -0.15) is 0 Å². The second-order valence-corrected chi connectivity index (χ2v) is 5.40. The summed E-state index contributed by atoms with van der Waals surface area (Å²) in [5, 5.41) is 0. The fourth-order valence-corrected chi connectivity index (χ4v) is 2.22. The third-order valence-corrected chi connectivity index (χ3v) is 3.32. The fraction of sp³-hybridized carbons (Fsp3) is 0.308. The Kier molecular flexibility index (Phi) is 4.44. The highest BCUT2D eigenvalue weighted by Crippen LogP contribution is 2.17. The zero-order valence-corrected chi connectivity index (χ0v) is 12.1. The van der Waals surface area contributed by atoms with Crippen molar-refractivity contribution in [1.29, 1.82) is 0 Å². The molecule has 4 N–H and O–H groups in total. The predicted octanol–water partition coefficient (Wildman–Crippen LogP) is 1.93. The zero-order chi connectivity index (χ0) is 13.8. The first-order chi connectivity index (χ1) is 9.08. The van der Waals surface area contributed by atoms with Gasteiger partial charge in [-0.1, -0.05) is 36.6 Å². The molecule has 6 heteroatoms. The molecule has 0 aliphatic heterocycles. The quantitative estimate of drug-likeness (QED) is 0.796. The Morgan fingerprint density at radius 3 is 2.47 bits per heavy atom. The average molecular weight is 292 g/mol. The van der Waals surface area contributed by atoms with Gasteiger partial charge in [0.1, 0.15) is 5.82 Å². The molecule has 4 nitrogen and oxygen atoms in total. The maximum Gasteiger partial charge on any atom is 0.110 e. The van der Waals surface area contributed by atoms with Crippen molar-refractivity contribution in [2.24, 2.45) is 11.5 Å². The Balaban J connectivity index is 2.33. The van der Waals surface area contributed by atoms with E-state index in [4.69, 9.17) is 35.9 Å². The molecule has 19 heavy (non-hydrogen) atoms. The maximum absolute atomic E-state index is 5.58. The molecule has 0 radical (unpaired) electrons. The minimum absolute atomic E-state index is 0.507. The van der Waals surface area contributed by atoms with Crippen LogP contribution in [0, 0.1) is 0 Å². The number of benzene rings is 1. The molecule has 100 valence electrons. The molecular formula is C13H16N4S2. The lowest BCUT2D eigenvalue weighted by molar-refractivity contribution is 0.691. The minimum atomic E-state index is 0.507. The van der Waals surface area contributed by atoms with Crippen LogP contribution in [0.1, 0.15) is 18.7 Å². The molecule has 0 atom stereocenters. The van der Waals surface area contributed by atoms with Crippen molar-refractivity contribution in [3.8, 4) is 0 Å². The van der Waals surface area contributed by atoms with Gasteiger partial charge in [-0.15, -0.1) is 0 Å². The zero-order valence-electron chi connectivity index (χ0n) is 10.5. The number of aryl methyl sites for hydroxylation is 2. The Labute approximate surface area is 122 Å². The van der Waals surface area contributed by atoms with E-state index in [-0.39, 0.29) is 0 Å². The first-order valence-electron chi connectivity index (χ1n) is 6.08. The predicted molar refractivity (Wildman–Crippen MR) is 86.2 cm³/mol. The first kappa shape index (κ1) is 13.9. The first-order valence-corrected chi connectivity index (χ1v) is 6.90. The summed E-state index contributed by atoms with van der Waals surface area (Å²) < 4.78 is 2.15. The van der Waals surface area contributed by atoms with Gasteiger partial charge in [-0.25, -0.2) is 4.98 Å². The number of nitrogens with zero attached hydrogens (tertiary/aromatic N) is 2. The second kappa shape index (κ2) is 6.08. The Morgan fingerprint density at radius 1 is 1.11 bits per heavy atom. The molecule has 2 aromatic rings. The lowest BCUT2D eigenvalue weighted by Crippen LogP contribution is -2.15. The maximum atomic E-state index is 5.58. The minimum Gasteiger partial charge on any atom is -0.393 e. The lowest BCUT2D eigenvalue weighted by atomic mass is 10.3. The van der Waals surface area contributed by atoms with Crippen molar-refractivity contribution < 1.29 is 0 Å². The summed E-state index contributed by atoms with van der Waals surface area (Å²) in [6.07, 6.45) is 2.06. The standard InChI is InChI=1S/C13H16N4S2/c14-11(18)5-6-13-16-9-3-1-2-4-10(9)17(13)8-7-12(15)19/h1-4H,5-8H2,(H2,14,18)(H2,15,19). The third kappa shape index (κ3) is 3.48. The van der Waals surface area contributed by atoms with E-state index in [0.29, 0.717) is 22.8 Å². The number of hydrogen-bond donors (Lipinski definition) is 2. The molecule has 0 unspecified atom stereocenters. The SMILES string of the molecule is NC(=S)CCc1nc2ccccc2n1CCC(N)=S. The highest BCUT2D eigenvalue weighted by Gasteiger charge is 2.10. The summed E-state index contributed by atoms with van der Waals surface area (Å²) in [6.45, 7) is 0.739. The van der Waals surface area contributed by atoms with Gasteiger partial charge in [0, 0.05) is 25.8 Å². The summed E-state index contributed by atoms with van der Waals surface area (Å²) >= 11 is 9.87. The van der Waals surface area contributed by atoms with E-state index in [2.05, 4.69) is 9.55 Å². The van der Waals surface area contributed by atoms with Crippen LogP contribution in [0.4, 0.5) is 0 Å². The summed E-state index contributed by atoms with van der Waals surface area (Å²) in [5.41, 5.74) is 13.2. The third-order valence-electron chi connectivity index (χ3n) is 2.91. The van der Waals surface area contributed by atoms with Crippen LogP contribution in [-0.2, 0) is 13.0 Å². The van der Waals surface area contributed by atoms with Crippen LogP contribution in [0.15, 0.2) is 24.3 Å². The van der Waals surface area contributed by atoms with Crippen molar-refractivity contribution >= 4 is 45.4 Å². The molecule has 0 spiro atoms. The van der Waals surface area contributed by atoms with E-state index in [1.807, 2.05) is 24.3 Å². The number of para-hydroxylation sites is 2. The molecule has 0 bridgehead atoms. The number of rotatable bonds is 6. The highest BCUT2D eigenvalue weighted by molar-refractivity contribution is 7.80. The molecule has 0 aliphatic carbocycles. The normalized spacial score (nSPS) is 10.7. The molecule has 1 heterocycles. The van der Waals surface area contributed by atoms with Crippen molar-refractivity contribution in [2.45, 2.75) is 25.8 Å². The number of thiocarbonyl (C=S) groups is 2. The van der Waals surface area contributed by atoms with E-state index in [9.17, 15) is 0 Å². The largest absolute Gasteiger partial charge is 0.393 e. The molecule has 0 saturated carbocycles. The molecule has 0 amide bonds. The molecular weight excluding hydrogens is 276 g/mol. The smallest absolute Gasteiger partial charge is 0.110 e. The van der Waals surface area contributed by atoms with Gasteiger partial charge in [0.15, 0.2) is 0 Å².